The summed E-state index contributed by atoms with van der Waals surface area (Å²) in [5, 5.41) is 12.7. The maximum Gasteiger partial charge on any atom is 0.417 e. The van der Waals surface area contributed by atoms with Crippen LogP contribution in [-0.4, -0.2) is 39.7 Å². The maximum absolute atomic E-state index is 13.1. The molecule has 0 aliphatic carbocycles. The summed E-state index contributed by atoms with van der Waals surface area (Å²) in [6.07, 6.45) is -3.55. The summed E-state index contributed by atoms with van der Waals surface area (Å²) in [6, 6.07) is 21.8. The number of carbonyl (C=O) groups is 1. The van der Waals surface area contributed by atoms with Gasteiger partial charge in [-0.15, -0.1) is 10.2 Å². The molecule has 7 nitrogen and oxygen atoms in total. The van der Waals surface area contributed by atoms with Crippen LogP contribution in [0.15, 0.2) is 89.1 Å². The second kappa shape index (κ2) is 11.1. The van der Waals surface area contributed by atoms with Crippen LogP contribution in [0.5, 0.6) is 5.75 Å². The molecule has 0 radical (unpaired) electrons. The van der Waals surface area contributed by atoms with Crippen LogP contribution in [-0.2, 0) is 11.0 Å². The number of ether oxygens (including phenoxy) is 1. The minimum Gasteiger partial charge on any atom is -0.497 e. The first-order valence-electron chi connectivity index (χ1n) is 10.6. The summed E-state index contributed by atoms with van der Waals surface area (Å²) in [5.41, 5.74) is 2.88. The van der Waals surface area contributed by atoms with Gasteiger partial charge in [-0.3, -0.25) is 9.36 Å². The largest absolute Gasteiger partial charge is 0.497 e. The molecule has 0 aliphatic rings. The van der Waals surface area contributed by atoms with Gasteiger partial charge in [0.2, 0.25) is 0 Å². The van der Waals surface area contributed by atoms with Gasteiger partial charge in [0.15, 0.2) is 11.0 Å². The van der Waals surface area contributed by atoms with Gasteiger partial charge in [-0.2, -0.15) is 18.3 Å². The molecule has 184 valence electrons. The Hall–Kier alpha value is -4.12. The number of carbonyl (C=O) groups excluding carboxylic acids is 1. The van der Waals surface area contributed by atoms with Crippen LogP contribution in [0.4, 0.5) is 13.2 Å². The second-order valence-electron chi connectivity index (χ2n) is 7.37. The van der Waals surface area contributed by atoms with Crippen molar-refractivity contribution in [3.63, 3.8) is 0 Å². The highest BCUT2D eigenvalue weighted by atomic mass is 32.2. The van der Waals surface area contributed by atoms with Gasteiger partial charge in [-0.05, 0) is 30.3 Å². The summed E-state index contributed by atoms with van der Waals surface area (Å²) < 4.78 is 46.4. The summed E-state index contributed by atoms with van der Waals surface area (Å²) in [5.74, 6) is 0.685. The van der Waals surface area contributed by atoms with Crippen molar-refractivity contribution in [2.24, 2.45) is 5.10 Å². The Labute approximate surface area is 209 Å². The molecule has 0 saturated heterocycles. The highest BCUT2D eigenvalue weighted by Crippen LogP contribution is 2.31. The number of hydrazone groups is 1. The van der Waals surface area contributed by atoms with Crippen LogP contribution in [0, 0.1) is 0 Å². The Morgan fingerprint density at radius 3 is 2.42 bits per heavy atom. The molecule has 0 fully saturated rings. The predicted octanol–water partition coefficient (Wildman–Crippen LogP) is 5.20. The molecular formula is C25H20F3N5O2S. The van der Waals surface area contributed by atoms with Crippen molar-refractivity contribution in [1.82, 2.24) is 20.2 Å². The fourth-order valence-electron chi connectivity index (χ4n) is 3.31. The smallest absolute Gasteiger partial charge is 0.417 e. The average molecular weight is 512 g/mol. The van der Waals surface area contributed by atoms with Crippen molar-refractivity contribution in [2.45, 2.75) is 11.3 Å². The van der Waals surface area contributed by atoms with E-state index in [1.165, 1.54) is 18.2 Å². The molecule has 36 heavy (non-hydrogen) atoms. The Bertz CT molecular complexity index is 1360. The van der Waals surface area contributed by atoms with Crippen molar-refractivity contribution in [3.05, 3.63) is 90.0 Å². The summed E-state index contributed by atoms with van der Waals surface area (Å²) in [6.45, 7) is 0. The third kappa shape index (κ3) is 5.92. The van der Waals surface area contributed by atoms with Crippen molar-refractivity contribution in [1.29, 1.82) is 0 Å². The van der Waals surface area contributed by atoms with Gasteiger partial charge in [-0.1, -0.05) is 60.3 Å². The Balaban J connectivity index is 1.50. The normalized spacial score (nSPS) is 11.6. The number of thioether (sulfide) groups is 1. The zero-order valence-electron chi connectivity index (χ0n) is 18.9. The maximum atomic E-state index is 13.1. The third-order valence-corrected chi connectivity index (χ3v) is 5.92. The predicted molar refractivity (Wildman–Crippen MR) is 131 cm³/mol. The number of methoxy groups -OCH3 is 1. The molecular weight excluding hydrogens is 491 g/mol. The topological polar surface area (TPSA) is 81.4 Å². The van der Waals surface area contributed by atoms with E-state index in [2.05, 4.69) is 20.7 Å². The number of hydrogen-bond donors (Lipinski definition) is 1. The first-order valence-corrected chi connectivity index (χ1v) is 11.6. The number of hydrogen-bond acceptors (Lipinski definition) is 6. The number of amides is 1. The number of nitrogens with zero attached hydrogens (tertiary/aromatic N) is 4. The zero-order chi connectivity index (χ0) is 25.5. The van der Waals surface area contributed by atoms with Crippen LogP contribution < -0.4 is 10.2 Å². The molecule has 1 heterocycles. The van der Waals surface area contributed by atoms with Crippen LogP contribution >= 0.6 is 11.8 Å². The first kappa shape index (κ1) is 25.0. The van der Waals surface area contributed by atoms with E-state index in [0.29, 0.717) is 16.7 Å². The van der Waals surface area contributed by atoms with Gasteiger partial charge < -0.3 is 4.74 Å². The number of nitrogens with one attached hydrogen (secondary N) is 1. The molecule has 0 unspecified atom stereocenters. The molecule has 0 saturated carbocycles. The molecule has 4 aromatic rings. The van der Waals surface area contributed by atoms with E-state index in [1.54, 1.807) is 19.2 Å². The Morgan fingerprint density at radius 1 is 1.03 bits per heavy atom. The number of rotatable bonds is 8. The number of benzene rings is 3. The standard InChI is InChI=1S/C25H20F3N5O2S/c1-35-20-13-11-19(12-14-20)33-23(17-7-3-2-4-8-17)31-32-24(33)36-16-22(34)30-29-15-18-9-5-6-10-21(18)25(26,27)28/h2-15H,16H2,1H3,(H,30,34). The molecule has 0 bridgehead atoms. The lowest BCUT2D eigenvalue weighted by atomic mass is 10.1. The SMILES string of the molecule is COc1ccc(-n2c(SCC(=O)NN=Cc3ccccc3C(F)(F)F)nnc2-c2ccccc2)cc1. The fourth-order valence-corrected chi connectivity index (χ4v) is 4.05. The molecule has 4 rings (SSSR count). The van der Waals surface area contributed by atoms with Crippen molar-refractivity contribution >= 4 is 23.9 Å². The van der Waals surface area contributed by atoms with Gasteiger partial charge in [0, 0.05) is 16.8 Å². The van der Waals surface area contributed by atoms with Gasteiger partial charge in [0.1, 0.15) is 5.75 Å². The second-order valence-corrected chi connectivity index (χ2v) is 8.32. The number of halogens is 3. The van der Waals surface area contributed by atoms with Gasteiger partial charge >= 0.3 is 6.18 Å². The fraction of sp³-hybridized carbons (Fsp3) is 0.120. The molecule has 1 N–H and O–H groups in total. The van der Waals surface area contributed by atoms with Gasteiger partial charge in [0.05, 0.1) is 24.6 Å². The number of alkyl halides is 3. The quantitative estimate of drug-likeness (QED) is 0.200. The zero-order valence-corrected chi connectivity index (χ0v) is 19.8. The Kier molecular flexibility index (Phi) is 7.69. The van der Waals surface area contributed by atoms with E-state index in [1.807, 2.05) is 47.0 Å². The van der Waals surface area contributed by atoms with Gasteiger partial charge in [-0.25, -0.2) is 5.43 Å². The Morgan fingerprint density at radius 2 is 1.72 bits per heavy atom. The first-order chi connectivity index (χ1) is 17.4. The van der Waals surface area contributed by atoms with E-state index >= 15 is 0 Å². The van der Waals surface area contributed by atoms with E-state index in [0.717, 1.165) is 35.3 Å². The molecule has 0 atom stereocenters. The summed E-state index contributed by atoms with van der Waals surface area (Å²) >= 11 is 1.12. The van der Waals surface area contributed by atoms with Crippen LogP contribution in [0.25, 0.3) is 17.1 Å². The summed E-state index contributed by atoms with van der Waals surface area (Å²) in [4.78, 5) is 12.4. The van der Waals surface area contributed by atoms with E-state index in [4.69, 9.17) is 4.74 Å². The number of aromatic nitrogens is 3. The van der Waals surface area contributed by atoms with Crippen LogP contribution in [0.2, 0.25) is 0 Å². The highest BCUT2D eigenvalue weighted by molar-refractivity contribution is 7.99. The molecule has 3 aromatic carbocycles. The van der Waals surface area contributed by atoms with E-state index < -0.39 is 17.6 Å². The van der Waals surface area contributed by atoms with E-state index in [9.17, 15) is 18.0 Å². The molecule has 0 aliphatic heterocycles. The van der Waals surface area contributed by atoms with E-state index in [-0.39, 0.29) is 11.3 Å². The van der Waals surface area contributed by atoms with Gasteiger partial charge in [0.25, 0.3) is 5.91 Å². The lowest BCUT2D eigenvalue weighted by Gasteiger charge is -2.11. The molecule has 1 amide bonds. The van der Waals surface area contributed by atoms with Crippen LogP contribution in [0.3, 0.4) is 0 Å². The lowest BCUT2D eigenvalue weighted by Crippen LogP contribution is -2.20. The third-order valence-electron chi connectivity index (χ3n) is 4.99. The summed E-state index contributed by atoms with van der Waals surface area (Å²) in [7, 11) is 1.58. The average Bonchev–Trinajstić information content (AvgIpc) is 3.32. The van der Waals surface area contributed by atoms with Crippen LogP contribution in [0.1, 0.15) is 11.1 Å². The van der Waals surface area contributed by atoms with Crippen molar-refractivity contribution in [3.8, 4) is 22.8 Å². The highest BCUT2D eigenvalue weighted by Gasteiger charge is 2.32. The molecule has 0 spiro atoms. The lowest BCUT2D eigenvalue weighted by molar-refractivity contribution is -0.137. The van der Waals surface area contributed by atoms with Crippen molar-refractivity contribution < 1.29 is 22.7 Å². The monoisotopic (exact) mass is 511 g/mol. The van der Waals surface area contributed by atoms with Crippen molar-refractivity contribution in [2.75, 3.05) is 12.9 Å². The molecule has 1 aromatic heterocycles. The minimum absolute atomic E-state index is 0.0820. The minimum atomic E-state index is -4.52. The molecule has 11 heteroatoms.